The molecule has 4 aliphatic carbocycles. The van der Waals surface area contributed by atoms with Crippen LogP contribution in [-0.4, -0.2) is 12.2 Å². The Morgan fingerprint density at radius 1 is 1.00 bits per heavy atom. The van der Waals surface area contributed by atoms with Crippen molar-refractivity contribution in [2.75, 3.05) is 6.61 Å². The number of hydrogen-bond donors (Lipinski definition) is 0. The largest absolute Gasteiger partial charge is 0.371 e. The summed E-state index contributed by atoms with van der Waals surface area (Å²) >= 11 is 0. The van der Waals surface area contributed by atoms with Gasteiger partial charge < -0.3 is 4.74 Å². The van der Waals surface area contributed by atoms with Crippen LogP contribution in [0, 0.1) is 45.8 Å². The molecule has 4 rings (SSSR count). The molecule has 0 radical (unpaired) electrons. The fourth-order valence-corrected chi connectivity index (χ4v) is 7.45. The van der Waals surface area contributed by atoms with Gasteiger partial charge in [-0.1, -0.05) is 85.5 Å². The highest BCUT2D eigenvalue weighted by atomic mass is 16.5. The zero-order valence-corrected chi connectivity index (χ0v) is 21.9. The molecule has 0 saturated heterocycles. The molecule has 0 aromatic carbocycles. The Balaban J connectivity index is 1.39. The minimum atomic E-state index is 0.0116. The van der Waals surface area contributed by atoms with Gasteiger partial charge in [0.15, 0.2) is 0 Å². The van der Waals surface area contributed by atoms with Crippen LogP contribution in [0.1, 0.15) is 107 Å². The third-order valence-corrected chi connectivity index (χ3v) is 9.78. The van der Waals surface area contributed by atoms with Crippen LogP contribution in [0.3, 0.4) is 0 Å². The lowest BCUT2D eigenvalue weighted by atomic mass is 9.78. The minimum absolute atomic E-state index is 0.0116. The summed E-state index contributed by atoms with van der Waals surface area (Å²) in [5.74, 6) is 4.18. The molecule has 0 amide bonds. The maximum absolute atomic E-state index is 6.54. The number of fused-ring (bicyclic) bond motifs is 1. The van der Waals surface area contributed by atoms with Crippen molar-refractivity contribution < 1.29 is 4.74 Å². The van der Waals surface area contributed by atoms with Crippen LogP contribution in [-0.2, 0) is 4.74 Å². The summed E-state index contributed by atoms with van der Waals surface area (Å²) in [7, 11) is 0. The maximum Gasteiger partial charge on any atom is 0.0721 e. The maximum atomic E-state index is 6.54. The van der Waals surface area contributed by atoms with E-state index in [1.807, 2.05) is 0 Å². The van der Waals surface area contributed by atoms with E-state index in [1.54, 1.807) is 0 Å². The first-order chi connectivity index (χ1) is 14.4. The lowest BCUT2D eigenvalue weighted by molar-refractivity contribution is -0.0596. The van der Waals surface area contributed by atoms with Crippen LogP contribution in [0.25, 0.3) is 0 Å². The number of allylic oxidation sites excluding steroid dienone is 2. The molecule has 3 fully saturated rings. The molecule has 4 aliphatic rings. The molecular formula is C30H50O. The molecule has 1 nitrogen and oxygen atoms in total. The molecule has 0 N–H and O–H groups in total. The van der Waals surface area contributed by atoms with E-state index >= 15 is 0 Å². The van der Waals surface area contributed by atoms with Gasteiger partial charge in [0.05, 0.1) is 12.2 Å². The SMILES string of the molecule is CCC(C)(C)C1C(CC(C)(C)C)C1C12C=CC(COC(C)(C)C3CCCCC3)=CC1C2. The van der Waals surface area contributed by atoms with Crippen molar-refractivity contribution >= 4 is 0 Å². The van der Waals surface area contributed by atoms with Crippen LogP contribution in [0.15, 0.2) is 23.8 Å². The Labute approximate surface area is 193 Å². The normalized spacial score (nSPS) is 36.2. The summed E-state index contributed by atoms with van der Waals surface area (Å²) in [6.45, 7) is 20.2. The van der Waals surface area contributed by atoms with Crippen molar-refractivity contribution in [1.29, 1.82) is 0 Å². The van der Waals surface area contributed by atoms with Crippen LogP contribution in [0.5, 0.6) is 0 Å². The van der Waals surface area contributed by atoms with E-state index in [0.29, 0.717) is 16.2 Å². The highest BCUT2D eigenvalue weighted by Gasteiger charge is 2.71. The third kappa shape index (κ3) is 4.73. The van der Waals surface area contributed by atoms with Gasteiger partial charge in [0.25, 0.3) is 0 Å². The van der Waals surface area contributed by atoms with Gasteiger partial charge in [0.1, 0.15) is 0 Å². The highest BCUT2D eigenvalue weighted by molar-refractivity contribution is 5.39. The predicted octanol–water partition coefficient (Wildman–Crippen LogP) is 8.60. The van der Waals surface area contributed by atoms with Gasteiger partial charge in [-0.05, 0) is 90.9 Å². The van der Waals surface area contributed by atoms with Gasteiger partial charge in [-0.25, -0.2) is 0 Å². The van der Waals surface area contributed by atoms with Crippen molar-refractivity contribution in [1.82, 2.24) is 0 Å². The zero-order chi connectivity index (χ0) is 22.7. The van der Waals surface area contributed by atoms with Crippen molar-refractivity contribution in [3.63, 3.8) is 0 Å². The molecule has 0 heterocycles. The molecule has 1 heteroatoms. The van der Waals surface area contributed by atoms with E-state index in [1.165, 1.54) is 56.9 Å². The molecule has 0 bridgehead atoms. The molecule has 0 aliphatic heterocycles. The number of rotatable bonds is 8. The summed E-state index contributed by atoms with van der Waals surface area (Å²) < 4.78 is 6.54. The van der Waals surface area contributed by atoms with Crippen molar-refractivity contribution in [3.05, 3.63) is 23.8 Å². The van der Waals surface area contributed by atoms with Gasteiger partial charge in [0.2, 0.25) is 0 Å². The van der Waals surface area contributed by atoms with Crippen LogP contribution < -0.4 is 0 Å². The summed E-state index contributed by atoms with van der Waals surface area (Å²) in [5.41, 5.74) is 2.81. The summed E-state index contributed by atoms with van der Waals surface area (Å²) in [4.78, 5) is 0. The lowest BCUT2D eigenvalue weighted by Gasteiger charge is -2.37. The lowest BCUT2D eigenvalue weighted by Crippen LogP contribution is -2.36. The van der Waals surface area contributed by atoms with E-state index in [4.69, 9.17) is 4.74 Å². The number of hydrogen-bond acceptors (Lipinski definition) is 1. The van der Waals surface area contributed by atoms with Gasteiger partial charge in [-0.2, -0.15) is 0 Å². The Morgan fingerprint density at radius 3 is 2.26 bits per heavy atom. The summed E-state index contributed by atoms with van der Waals surface area (Å²) in [5, 5.41) is 0. The fourth-order valence-electron chi connectivity index (χ4n) is 7.45. The average molecular weight is 427 g/mol. The predicted molar refractivity (Wildman–Crippen MR) is 133 cm³/mol. The van der Waals surface area contributed by atoms with Crippen molar-refractivity contribution in [2.45, 2.75) is 112 Å². The molecule has 0 spiro atoms. The van der Waals surface area contributed by atoms with Crippen molar-refractivity contribution in [2.24, 2.45) is 45.8 Å². The summed E-state index contributed by atoms with van der Waals surface area (Å²) in [6, 6.07) is 0. The Kier molecular flexibility index (Phi) is 6.11. The average Bonchev–Trinajstić information content (AvgIpc) is 3.59. The van der Waals surface area contributed by atoms with Crippen LogP contribution >= 0.6 is 0 Å². The highest BCUT2D eigenvalue weighted by Crippen LogP contribution is 2.77. The second-order valence-electron chi connectivity index (χ2n) is 14.0. The smallest absolute Gasteiger partial charge is 0.0721 e. The first-order valence-electron chi connectivity index (χ1n) is 13.4. The first-order valence-corrected chi connectivity index (χ1v) is 13.4. The molecule has 0 aromatic rings. The second kappa shape index (κ2) is 8.03. The minimum Gasteiger partial charge on any atom is -0.371 e. The molecule has 31 heavy (non-hydrogen) atoms. The Morgan fingerprint density at radius 2 is 1.68 bits per heavy atom. The molecule has 5 unspecified atom stereocenters. The van der Waals surface area contributed by atoms with E-state index < -0.39 is 0 Å². The quantitative estimate of drug-likeness (QED) is 0.377. The zero-order valence-electron chi connectivity index (χ0n) is 21.9. The molecular weight excluding hydrogens is 376 g/mol. The topological polar surface area (TPSA) is 9.23 Å². The Bertz CT molecular complexity index is 711. The monoisotopic (exact) mass is 426 g/mol. The standard InChI is InChI=1S/C30H50O/c1-9-28(5,6)25-24(19-27(2,3)4)26(25)30-16-15-21(17-23(30)18-30)20-31-29(7,8)22-13-11-10-12-14-22/h15-17,22-26H,9-14,18-20H2,1-8H3. The third-order valence-electron chi connectivity index (χ3n) is 9.78. The van der Waals surface area contributed by atoms with Crippen molar-refractivity contribution in [3.8, 4) is 0 Å². The Hall–Kier alpha value is -0.560. The van der Waals surface area contributed by atoms with Gasteiger partial charge >= 0.3 is 0 Å². The van der Waals surface area contributed by atoms with Gasteiger partial charge in [-0.3, -0.25) is 0 Å². The van der Waals surface area contributed by atoms with E-state index in [0.717, 1.165) is 36.2 Å². The van der Waals surface area contributed by atoms with Gasteiger partial charge in [-0.15, -0.1) is 0 Å². The molecule has 0 aromatic heterocycles. The van der Waals surface area contributed by atoms with Crippen LogP contribution in [0.2, 0.25) is 0 Å². The van der Waals surface area contributed by atoms with E-state index in [-0.39, 0.29) is 5.60 Å². The van der Waals surface area contributed by atoms with E-state index in [9.17, 15) is 0 Å². The molecule has 5 atom stereocenters. The van der Waals surface area contributed by atoms with E-state index in [2.05, 4.69) is 73.6 Å². The van der Waals surface area contributed by atoms with Gasteiger partial charge in [0, 0.05) is 0 Å². The van der Waals surface area contributed by atoms with Crippen LogP contribution in [0.4, 0.5) is 0 Å². The fraction of sp³-hybridized carbons (Fsp3) is 0.867. The number of ether oxygens (including phenoxy) is 1. The first kappa shape index (κ1) is 23.6. The molecule has 176 valence electrons. The summed E-state index contributed by atoms with van der Waals surface area (Å²) in [6.07, 6.45) is 18.6. The second-order valence-corrected chi connectivity index (χ2v) is 14.0. The molecule has 3 saturated carbocycles.